The molecule has 2 rings (SSSR count). The third-order valence-electron chi connectivity index (χ3n) is 2.60. The minimum Gasteiger partial charge on any atom is -0.440 e. The summed E-state index contributed by atoms with van der Waals surface area (Å²) in [4.78, 5) is 5.44. The van der Waals surface area contributed by atoms with Gasteiger partial charge in [-0.3, -0.25) is 0 Å². The van der Waals surface area contributed by atoms with E-state index in [0.29, 0.717) is 0 Å². The molecule has 5 heteroatoms. The second-order valence-electron chi connectivity index (χ2n) is 4.19. The first-order valence-electron chi connectivity index (χ1n) is 6.12. The molecule has 0 aliphatic carbocycles. The van der Waals surface area contributed by atoms with Crippen LogP contribution >= 0.6 is 27.3 Å². The fraction of sp³-hybridized carbons (Fsp3) is 0.462. The Morgan fingerprint density at radius 1 is 1.44 bits per heavy atom. The van der Waals surface area contributed by atoms with Gasteiger partial charge in [0.05, 0.1) is 14.9 Å². The molecule has 0 saturated carbocycles. The van der Waals surface area contributed by atoms with E-state index < -0.39 is 0 Å². The minimum absolute atomic E-state index is 0.802. The van der Waals surface area contributed by atoms with Gasteiger partial charge in [-0.15, -0.1) is 11.3 Å². The Morgan fingerprint density at radius 3 is 2.94 bits per heavy atom. The van der Waals surface area contributed by atoms with Crippen molar-refractivity contribution in [1.82, 2.24) is 10.3 Å². The lowest BCUT2D eigenvalue weighted by molar-refractivity contribution is 0.495. The normalized spacial score (nSPS) is 11.1. The molecule has 0 aliphatic heterocycles. The summed E-state index contributed by atoms with van der Waals surface area (Å²) in [6, 6.07) is 2.12. The molecule has 0 aromatic carbocycles. The van der Waals surface area contributed by atoms with Gasteiger partial charge in [0.25, 0.3) is 0 Å². The molecule has 2 aromatic heterocycles. The fourth-order valence-electron chi connectivity index (χ4n) is 1.62. The Balaban J connectivity index is 1.97. The monoisotopic (exact) mass is 328 g/mol. The second kappa shape index (κ2) is 6.50. The molecule has 0 radical (unpaired) electrons. The summed E-state index contributed by atoms with van der Waals surface area (Å²) in [5.41, 5.74) is 1.23. The molecular weight excluding hydrogens is 312 g/mol. The molecular formula is C13H17BrN2OS. The van der Waals surface area contributed by atoms with Crippen LogP contribution in [0, 0.1) is 6.92 Å². The van der Waals surface area contributed by atoms with E-state index >= 15 is 0 Å². The van der Waals surface area contributed by atoms with Crippen molar-refractivity contribution in [2.75, 3.05) is 13.1 Å². The maximum absolute atomic E-state index is 5.76. The van der Waals surface area contributed by atoms with Gasteiger partial charge in [0.1, 0.15) is 0 Å². The largest absolute Gasteiger partial charge is 0.440 e. The van der Waals surface area contributed by atoms with E-state index in [4.69, 9.17) is 4.42 Å². The first kappa shape index (κ1) is 13.8. The van der Waals surface area contributed by atoms with Crippen molar-refractivity contribution in [2.45, 2.75) is 26.7 Å². The number of nitrogens with zero attached hydrogens (tertiary/aromatic N) is 1. The molecule has 0 amide bonds. The summed E-state index contributed by atoms with van der Waals surface area (Å²) in [6.45, 7) is 6.20. The summed E-state index contributed by atoms with van der Waals surface area (Å²) >= 11 is 5.21. The Kier molecular flexibility index (Phi) is 4.97. The summed E-state index contributed by atoms with van der Waals surface area (Å²) in [7, 11) is 0. The zero-order valence-corrected chi connectivity index (χ0v) is 13.0. The number of rotatable bonds is 6. The molecule has 0 bridgehead atoms. The molecule has 1 N–H and O–H groups in total. The molecule has 2 aromatic rings. The van der Waals surface area contributed by atoms with Gasteiger partial charge in [-0.25, -0.2) is 4.98 Å². The Hall–Kier alpha value is -0.650. The lowest BCUT2D eigenvalue weighted by Crippen LogP contribution is -2.17. The van der Waals surface area contributed by atoms with Gasteiger partial charge in [0.2, 0.25) is 0 Å². The van der Waals surface area contributed by atoms with Crippen LogP contribution in [0.3, 0.4) is 0 Å². The van der Waals surface area contributed by atoms with Gasteiger partial charge in [-0.05, 0) is 47.4 Å². The van der Waals surface area contributed by atoms with E-state index in [1.54, 1.807) is 11.3 Å². The van der Waals surface area contributed by atoms with Crippen LogP contribution in [0.25, 0.3) is 10.6 Å². The maximum Gasteiger partial charge on any atom is 0.196 e. The number of thiophene rings is 1. The van der Waals surface area contributed by atoms with E-state index in [1.807, 2.05) is 6.20 Å². The molecule has 0 atom stereocenters. The number of nitrogens with one attached hydrogen (secondary N) is 1. The molecule has 2 heterocycles. The van der Waals surface area contributed by atoms with Gasteiger partial charge in [0.15, 0.2) is 11.7 Å². The van der Waals surface area contributed by atoms with Gasteiger partial charge >= 0.3 is 0 Å². The summed E-state index contributed by atoms with van der Waals surface area (Å²) in [6.07, 6.45) is 3.80. The third kappa shape index (κ3) is 3.43. The summed E-state index contributed by atoms with van der Waals surface area (Å²) in [5, 5.41) is 3.34. The zero-order chi connectivity index (χ0) is 13.0. The highest BCUT2D eigenvalue weighted by Gasteiger charge is 2.10. The molecule has 0 unspecified atom stereocenters. The number of aromatic nitrogens is 1. The first-order valence-corrected chi connectivity index (χ1v) is 7.73. The van der Waals surface area contributed by atoms with Gasteiger partial charge in [-0.1, -0.05) is 6.92 Å². The number of halogens is 1. The summed E-state index contributed by atoms with van der Waals surface area (Å²) < 4.78 is 6.91. The van der Waals surface area contributed by atoms with Crippen molar-refractivity contribution in [3.8, 4) is 10.6 Å². The number of aryl methyl sites for hydroxylation is 1. The van der Waals surface area contributed by atoms with Crippen molar-refractivity contribution in [2.24, 2.45) is 0 Å². The average molecular weight is 329 g/mol. The van der Waals surface area contributed by atoms with Gasteiger partial charge < -0.3 is 9.73 Å². The van der Waals surface area contributed by atoms with Crippen LogP contribution in [0.15, 0.2) is 20.5 Å². The highest BCUT2D eigenvalue weighted by Crippen LogP contribution is 2.34. The number of hydrogen-bond donors (Lipinski definition) is 1. The predicted molar refractivity (Wildman–Crippen MR) is 79.1 cm³/mol. The van der Waals surface area contributed by atoms with Crippen LogP contribution in [-0.2, 0) is 6.42 Å². The lowest BCUT2D eigenvalue weighted by Gasteiger charge is -1.98. The quantitative estimate of drug-likeness (QED) is 0.814. The Labute approximate surface area is 120 Å². The van der Waals surface area contributed by atoms with Crippen LogP contribution in [0.1, 0.15) is 24.8 Å². The van der Waals surface area contributed by atoms with Crippen molar-refractivity contribution < 1.29 is 4.42 Å². The van der Waals surface area contributed by atoms with E-state index in [0.717, 1.165) is 46.2 Å². The van der Waals surface area contributed by atoms with Gasteiger partial charge in [-0.2, -0.15) is 0 Å². The summed E-state index contributed by atoms with van der Waals surface area (Å²) in [5.74, 6) is 1.66. The Bertz CT molecular complexity index is 487. The molecule has 98 valence electrons. The zero-order valence-electron chi connectivity index (χ0n) is 10.6. The topological polar surface area (TPSA) is 38.1 Å². The van der Waals surface area contributed by atoms with E-state index in [9.17, 15) is 0 Å². The minimum atomic E-state index is 0.802. The molecule has 0 saturated heterocycles. The van der Waals surface area contributed by atoms with Crippen molar-refractivity contribution in [3.63, 3.8) is 0 Å². The van der Waals surface area contributed by atoms with Crippen molar-refractivity contribution in [1.29, 1.82) is 0 Å². The third-order valence-corrected chi connectivity index (χ3v) is 4.75. The van der Waals surface area contributed by atoms with Crippen LogP contribution < -0.4 is 5.32 Å². The average Bonchev–Trinajstić information content (AvgIpc) is 2.93. The van der Waals surface area contributed by atoms with Crippen LogP contribution in [0.4, 0.5) is 0 Å². The van der Waals surface area contributed by atoms with Crippen LogP contribution in [0.2, 0.25) is 0 Å². The SMILES string of the molecule is CCCNCCc1ncc(-c2cc(C)c(Br)s2)o1. The van der Waals surface area contributed by atoms with Crippen molar-refractivity contribution in [3.05, 3.63) is 27.5 Å². The Morgan fingerprint density at radius 2 is 2.28 bits per heavy atom. The fourth-order valence-corrected chi connectivity index (χ4v) is 3.10. The van der Waals surface area contributed by atoms with E-state index in [-0.39, 0.29) is 0 Å². The smallest absolute Gasteiger partial charge is 0.196 e. The highest BCUT2D eigenvalue weighted by molar-refractivity contribution is 9.11. The van der Waals surface area contributed by atoms with Gasteiger partial charge in [0, 0.05) is 13.0 Å². The highest BCUT2D eigenvalue weighted by atomic mass is 79.9. The predicted octanol–water partition coefficient (Wildman–Crippen LogP) is 4.02. The second-order valence-corrected chi connectivity index (χ2v) is 6.56. The van der Waals surface area contributed by atoms with Crippen LogP contribution in [-0.4, -0.2) is 18.1 Å². The van der Waals surface area contributed by atoms with E-state index in [1.165, 1.54) is 5.56 Å². The molecule has 0 spiro atoms. The molecule has 0 fully saturated rings. The van der Waals surface area contributed by atoms with Crippen LogP contribution in [0.5, 0.6) is 0 Å². The van der Waals surface area contributed by atoms with E-state index in [2.05, 4.69) is 46.1 Å². The van der Waals surface area contributed by atoms with Crippen molar-refractivity contribution >= 4 is 27.3 Å². The lowest BCUT2D eigenvalue weighted by atomic mass is 10.3. The molecule has 18 heavy (non-hydrogen) atoms. The molecule has 3 nitrogen and oxygen atoms in total. The number of hydrogen-bond acceptors (Lipinski definition) is 4. The number of oxazole rings is 1. The molecule has 0 aliphatic rings. The maximum atomic E-state index is 5.76. The first-order chi connectivity index (χ1) is 8.70. The standard InChI is InChI=1S/C13H17BrN2OS/c1-3-5-15-6-4-12-16-8-10(17-12)11-7-9(2)13(14)18-11/h7-8,15H,3-6H2,1-2H3.